The van der Waals surface area contributed by atoms with Crippen LogP contribution in [0.1, 0.15) is 10.4 Å². The number of ether oxygens (including phenoxy) is 1. The molecular formula is C22H20ClN3O3. The smallest absolute Gasteiger partial charge is 0.255 e. The molecule has 0 aliphatic rings. The molecule has 3 aromatic carbocycles. The Balaban J connectivity index is 1.56. The molecule has 0 fully saturated rings. The zero-order chi connectivity index (χ0) is 20.6. The van der Waals surface area contributed by atoms with Crippen LogP contribution in [0.5, 0.6) is 5.75 Å². The predicted octanol–water partition coefficient (Wildman–Crippen LogP) is 4.65. The molecule has 2 amide bonds. The summed E-state index contributed by atoms with van der Waals surface area (Å²) in [7, 11) is 1.54. The van der Waals surface area contributed by atoms with Crippen molar-refractivity contribution < 1.29 is 14.3 Å². The van der Waals surface area contributed by atoms with E-state index in [-0.39, 0.29) is 18.4 Å². The van der Waals surface area contributed by atoms with Gasteiger partial charge in [0.2, 0.25) is 5.91 Å². The quantitative estimate of drug-likeness (QED) is 0.530. The van der Waals surface area contributed by atoms with Crippen molar-refractivity contribution in [1.29, 1.82) is 0 Å². The summed E-state index contributed by atoms with van der Waals surface area (Å²) in [5, 5.41) is 9.11. The third kappa shape index (κ3) is 5.49. The highest BCUT2D eigenvalue weighted by molar-refractivity contribution is 6.33. The van der Waals surface area contributed by atoms with Crippen LogP contribution >= 0.6 is 11.6 Å². The Kier molecular flexibility index (Phi) is 6.71. The summed E-state index contributed by atoms with van der Waals surface area (Å²) in [5.41, 5.74) is 2.32. The molecule has 7 heteroatoms. The summed E-state index contributed by atoms with van der Waals surface area (Å²) in [6.07, 6.45) is 0. The van der Waals surface area contributed by atoms with Crippen LogP contribution in [0.4, 0.5) is 17.1 Å². The van der Waals surface area contributed by atoms with Gasteiger partial charge in [0, 0.05) is 11.3 Å². The summed E-state index contributed by atoms with van der Waals surface area (Å²) in [6, 6.07) is 21.0. The number of anilines is 3. The van der Waals surface area contributed by atoms with Gasteiger partial charge in [-0.3, -0.25) is 9.59 Å². The van der Waals surface area contributed by atoms with Crippen LogP contribution in [-0.2, 0) is 4.79 Å². The molecule has 3 aromatic rings. The highest BCUT2D eigenvalue weighted by Crippen LogP contribution is 2.24. The largest absolute Gasteiger partial charge is 0.495 e. The topological polar surface area (TPSA) is 79.5 Å². The molecule has 3 rings (SSSR count). The second kappa shape index (κ2) is 9.61. The van der Waals surface area contributed by atoms with E-state index < -0.39 is 0 Å². The van der Waals surface area contributed by atoms with Crippen molar-refractivity contribution in [2.75, 3.05) is 29.6 Å². The summed E-state index contributed by atoms with van der Waals surface area (Å²) >= 11 is 6.05. The maximum absolute atomic E-state index is 12.4. The van der Waals surface area contributed by atoms with Crippen molar-refractivity contribution >= 4 is 40.5 Å². The molecular weight excluding hydrogens is 390 g/mol. The monoisotopic (exact) mass is 409 g/mol. The third-order valence-electron chi connectivity index (χ3n) is 4.10. The van der Waals surface area contributed by atoms with Crippen molar-refractivity contribution in [3.8, 4) is 5.75 Å². The molecule has 0 aliphatic heterocycles. The molecule has 0 aliphatic carbocycles. The first-order chi connectivity index (χ1) is 14.1. The number of carbonyl (C=O) groups is 2. The van der Waals surface area contributed by atoms with Crippen LogP contribution in [0.2, 0.25) is 5.02 Å². The Morgan fingerprint density at radius 3 is 2.21 bits per heavy atom. The Bertz CT molecular complexity index is 1010. The molecule has 0 bridgehead atoms. The van der Waals surface area contributed by atoms with Crippen molar-refractivity contribution in [3.05, 3.63) is 83.4 Å². The first-order valence-electron chi connectivity index (χ1n) is 8.89. The third-order valence-corrected chi connectivity index (χ3v) is 4.43. The summed E-state index contributed by atoms with van der Waals surface area (Å²) in [6.45, 7) is 0.0692. The maximum Gasteiger partial charge on any atom is 0.255 e. The Hall–Kier alpha value is -3.51. The lowest BCUT2D eigenvalue weighted by atomic mass is 10.2. The lowest BCUT2D eigenvalue weighted by Gasteiger charge is -2.11. The molecule has 0 atom stereocenters. The first kappa shape index (κ1) is 20.2. The van der Waals surface area contributed by atoms with Crippen LogP contribution in [0.25, 0.3) is 0 Å². The van der Waals surface area contributed by atoms with E-state index >= 15 is 0 Å². The van der Waals surface area contributed by atoms with E-state index in [1.54, 1.807) is 55.6 Å². The number of hydrogen-bond acceptors (Lipinski definition) is 4. The lowest BCUT2D eigenvalue weighted by molar-refractivity contribution is -0.114. The SMILES string of the molecule is COc1ccccc1NC(=O)c1ccc(NC(=O)CNc2ccccc2Cl)cc1. The van der Waals surface area contributed by atoms with E-state index in [9.17, 15) is 9.59 Å². The molecule has 148 valence electrons. The second-order valence-electron chi connectivity index (χ2n) is 6.11. The fourth-order valence-electron chi connectivity index (χ4n) is 2.63. The van der Waals surface area contributed by atoms with Gasteiger partial charge in [-0.1, -0.05) is 35.9 Å². The van der Waals surface area contributed by atoms with E-state index in [0.29, 0.717) is 33.4 Å². The normalized spacial score (nSPS) is 10.1. The predicted molar refractivity (Wildman–Crippen MR) is 116 cm³/mol. The Morgan fingerprint density at radius 1 is 0.862 bits per heavy atom. The number of nitrogens with one attached hydrogen (secondary N) is 3. The van der Waals surface area contributed by atoms with Crippen molar-refractivity contribution in [3.63, 3.8) is 0 Å². The zero-order valence-electron chi connectivity index (χ0n) is 15.7. The van der Waals surface area contributed by atoms with E-state index in [0.717, 1.165) is 0 Å². The van der Waals surface area contributed by atoms with E-state index in [1.807, 2.05) is 24.3 Å². The average Bonchev–Trinajstić information content (AvgIpc) is 2.74. The average molecular weight is 410 g/mol. The van der Waals surface area contributed by atoms with Crippen LogP contribution in [0.15, 0.2) is 72.8 Å². The van der Waals surface area contributed by atoms with Gasteiger partial charge in [-0.25, -0.2) is 0 Å². The molecule has 6 nitrogen and oxygen atoms in total. The van der Waals surface area contributed by atoms with Crippen LogP contribution in [0, 0.1) is 0 Å². The zero-order valence-corrected chi connectivity index (χ0v) is 16.5. The maximum atomic E-state index is 12.4. The van der Waals surface area contributed by atoms with Gasteiger partial charge in [0.05, 0.1) is 30.1 Å². The van der Waals surface area contributed by atoms with Crippen molar-refractivity contribution in [1.82, 2.24) is 0 Å². The fraction of sp³-hybridized carbons (Fsp3) is 0.0909. The number of methoxy groups -OCH3 is 1. The minimum absolute atomic E-state index is 0.0692. The molecule has 0 saturated carbocycles. The van der Waals surface area contributed by atoms with Gasteiger partial charge in [-0.2, -0.15) is 0 Å². The van der Waals surface area contributed by atoms with E-state index in [1.165, 1.54) is 0 Å². The van der Waals surface area contributed by atoms with Crippen LogP contribution in [0.3, 0.4) is 0 Å². The van der Waals surface area contributed by atoms with Gasteiger partial charge in [0.15, 0.2) is 0 Å². The van der Waals surface area contributed by atoms with Gasteiger partial charge in [0.1, 0.15) is 5.75 Å². The molecule has 0 unspecified atom stereocenters. The molecule has 0 spiro atoms. The number of benzene rings is 3. The van der Waals surface area contributed by atoms with Gasteiger partial charge >= 0.3 is 0 Å². The number of halogens is 1. The van der Waals surface area contributed by atoms with Crippen LogP contribution in [-0.4, -0.2) is 25.5 Å². The highest BCUT2D eigenvalue weighted by atomic mass is 35.5. The van der Waals surface area contributed by atoms with Gasteiger partial charge in [0.25, 0.3) is 5.91 Å². The standard InChI is InChI=1S/C22H20ClN3O3/c1-29-20-9-5-4-8-19(20)26-22(28)15-10-12-16(13-11-15)25-21(27)14-24-18-7-3-2-6-17(18)23/h2-13,24H,14H2,1H3,(H,25,27)(H,26,28). The molecule has 0 saturated heterocycles. The summed E-state index contributed by atoms with van der Waals surface area (Å²) in [5.74, 6) is 0.0830. The van der Waals surface area contributed by atoms with Gasteiger partial charge < -0.3 is 20.7 Å². The molecule has 0 heterocycles. The van der Waals surface area contributed by atoms with E-state index in [2.05, 4.69) is 16.0 Å². The van der Waals surface area contributed by atoms with Crippen LogP contribution < -0.4 is 20.7 Å². The fourth-order valence-corrected chi connectivity index (χ4v) is 2.84. The van der Waals surface area contributed by atoms with E-state index in [4.69, 9.17) is 16.3 Å². The molecule has 0 radical (unpaired) electrons. The minimum atomic E-state index is -0.271. The number of amides is 2. The Morgan fingerprint density at radius 2 is 1.52 bits per heavy atom. The number of carbonyl (C=O) groups excluding carboxylic acids is 2. The second-order valence-corrected chi connectivity index (χ2v) is 6.52. The lowest BCUT2D eigenvalue weighted by Crippen LogP contribution is -2.22. The Labute approximate surface area is 173 Å². The van der Waals surface area contributed by atoms with Gasteiger partial charge in [-0.05, 0) is 48.5 Å². The summed E-state index contributed by atoms with van der Waals surface area (Å²) in [4.78, 5) is 24.5. The number of rotatable bonds is 7. The van der Waals surface area contributed by atoms with Gasteiger partial charge in [-0.15, -0.1) is 0 Å². The summed E-state index contributed by atoms with van der Waals surface area (Å²) < 4.78 is 5.23. The minimum Gasteiger partial charge on any atom is -0.495 e. The van der Waals surface area contributed by atoms with Crippen molar-refractivity contribution in [2.45, 2.75) is 0 Å². The number of para-hydroxylation sites is 3. The number of hydrogen-bond donors (Lipinski definition) is 3. The molecule has 3 N–H and O–H groups in total. The molecule has 0 aromatic heterocycles. The van der Waals surface area contributed by atoms with Crippen molar-refractivity contribution in [2.24, 2.45) is 0 Å². The highest BCUT2D eigenvalue weighted by Gasteiger charge is 2.10. The molecule has 29 heavy (non-hydrogen) atoms. The first-order valence-corrected chi connectivity index (χ1v) is 9.27.